The normalized spacial score (nSPS) is 30.9. The topological polar surface area (TPSA) is 53.6 Å². The number of aliphatic hydroxyl groups excluding tert-OH is 2. The highest BCUT2D eigenvalue weighted by Crippen LogP contribution is 2.48. The van der Waals surface area contributed by atoms with Crippen molar-refractivity contribution in [2.24, 2.45) is 17.8 Å². The lowest BCUT2D eigenvalue weighted by Crippen LogP contribution is -2.16. The number of hydrogen-bond donors (Lipinski definition) is 2. The molecule has 0 radical (unpaired) electrons. The maximum atomic E-state index is 10.3. The number of hydrogen-bond acceptors (Lipinski definition) is 3. The van der Waals surface area contributed by atoms with Crippen LogP contribution in [0.25, 0.3) is 6.08 Å². The molecule has 0 spiro atoms. The van der Waals surface area contributed by atoms with Crippen molar-refractivity contribution in [2.75, 3.05) is 6.61 Å². The number of aliphatic hydroxyl groups is 2. The van der Waals surface area contributed by atoms with Gasteiger partial charge in [0.25, 0.3) is 0 Å². The van der Waals surface area contributed by atoms with Crippen LogP contribution < -0.4 is 0 Å². The first-order valence-electron chi connectivity index (χ1n) is 8.48. The predicted molar refractivity (Wildman–Crippen MR) is 87.1 cm³/mol. The zero-order valence-corrected chi connectivity index (χ0v) is 13.0. The summed E-state index contributed by atoms with van der Waals surface area (Å²) in [6.07, 6.45) is 14.3. The summed E-state index contributed by atoms with van der Waals surface area (Å²) in [4.78, 5) is 0. The van der Waals surface area contributed by atoms with Crippen molar-refractivity contribution in [3.8, 4) is 0 Å². The first-order valence-corrected chi connectivity index (χ1v) is 8.48. The molecule has 0 amide bonds. The molecule has 0 saturated heterocycles. The predicted octanol–water partition coefficient (Wildman–Crippen LogP) is 3.79. The average Bonchev–Trinajstić information content (AvgIpc) is 3.19. The van der Waals surface area contributed by atoms with Gasteiger partial charge in [0.15, 0.2) is 0 Å². The van der Waals surface area contributed by atoms with E-state index in [1.807, 2.05) is 18.2 Å². The van der Waals surface area contributed by atoms with E-state index in [9.17, 15) is 5.11 Å². The molecule has 2 aliphatic rings. The molecule has 3 heteroatoms. The highest BCUT2D eigenvalue weighted by atomic mass is 16.3. The van der Waals surface area contributed by atoms with Crippen molar-refractivity contribution in [3.05, 3.63) is 41.9 Å². The molecule has 0 unspecified atom stereocenters. The van der Waals surface area contributed by atoms with E-state index in [0.717, 1.165) is 37.9 Å². The molecule has 3 rings (SSSR count). The summed E-state index contributed by atoms with van der Waals surface area (Å²) in [6.45, 7) is 0.302. The quantitative estimate of drug-likeness (QED) is 0.595. The van der Waals surface area contributed by atoms with Gasteiger partial charge in [-0.25, -0.2) is 0 Å². The Balaban J connectivity index is 1.55. The van der Waals surface area contributed by atoms with Gasteiger partial charge >= 0.3 is 0 Å². The van der Waals surface area contributed by atoms with Crippen molar-refractivity contribution >= 4 is 6.08 Å². The van der Waals surface area contributed by atoms with Crippen LogP contribution in [0.2, 0.25) is 0 Å². The summed E-state index contributed by atoms with van der Waals surface area (Å²) in [5, 5.41) is 19.1. The van der Waals surface area contributed by atoms with Crippen LogP contribution in [0.4, 0.5) is 0 Å². The van der Waals surface area contributed by atoms with E-state index in [1.54, 1.807) is 11.8 Å². The van der Waals surface area contributed by atoms with Gasteiger partial charge in [-0.1, -0.05) is 24.1 Å². The number of fused-ring (bicyclic) bond motifs is 1. The number of allylic oxidation sites excluding steroid dienone is 2. The second-order valence-electron chi connectivity index (χ2n) is 6.65. The minimum Gasteiger partial charge on any atom is -0.465 e. The summed E-state index contributed by atoms with van der Waals surface area (Å²) in [5.41, 5.74) is 1.55. The molecule has 1 aromatic heterocycles. The van der Waals surface area contributed by atoms with E-state index in [2.05, 4.69) is 12.2 Å². The molecule has 0 aromatic carbocycles. The Labute approximate surface area is 132 Å². The van der Waals surface area contributed by atoms with Crippen LogP contribution in [0, 0.1) is 17.8 Å². The Bertz CT molecular complexity index is 515. The van der Waals surface area contributed by atoms with Gasteiger partial charge in [-0.15, -0.1) is 0 Å². The van der Waals surface area contributed by atoms with Crippen LogP contribution in [0.1, 0.15) is 44.3 Å². The number of unbranched alkanes of at least 4 members (excludes halogenated alkanes) is 2. The van der Waals surface area contributed by atoms with Crippen LogP contribution in [0.5, 0.6) is 0 Å². The van der Waals surface area contributed by atoms with E-state index in [4.69, 9.17) is 9.52 Å². The fourth-order valence-electron chi connectivity index (χ4n) is 4.02. The number of furan rings is 1. The van der Waals surface area contributed by atoms with E-state index in [1.165, 1.54) is 6.42 Å². The molecule has 0 aliphatic heterocycles. The SMILES string of the molecule is OCCCCCC1=C[C@H]2C[C@@H](O)[C@H](/C=C/c3ccco3)[C@H]2C1. The van der Waals surface area contributed by atoms with Crippen LogP contribution in [0.15, 0.2) is 40.5 Å². The molecule has 1 heterocycles. The maximum Gasteiger partial charge on any atom is 0.126 e. The van der Waals surface area contributed by atoms with Crippen molar-refractivity contribution in [2.45, 2.75) is 44.6 Å². The molecule has 2 aliphatic carbocycles. The van der Waals surface area contributed by atoms with Gasteiger partial charge in [0.2, 0.25) is 0 Å². The van der Waals surface area contributed by atoms with Crippen molar-refractivity contribution < 1.29 is 14.6 Å². The molecule has 3 nitrogen and oxygen atoms in total. The first kappa shape index (κ1) is 15.6. The Morgan fingerprint density at radius 1 is 1.27 bits per heavy atom. The standard InChI is InChI=1S/C19H26O3/c20-9-3-1-2-5-14-11-15-13-19(21)17(18(15)12-14)8-7-16-6-4-10-22-16/h4,6-8,10-11,15,17-21H,1-3,5,9,12-13H2/b8-7+/t15-,17+,18-,19+/m0/s1. The van der Waals surface area contributed by atoms with Gasteiger partial charge < -0.3 is 14.6 Å². The Morgan fingerprint density at radius 3 is 2.95 bits per heavy atom. The van der Waals surface area contributed by atoms with Crippen molar-refractivity contribution in [1.29, 1.82) is 0 Å². The molecule has 0 bridgehead atoms. The van der Waals surface area contributed by atoms with Gasteiger partial charge in [0.05, 0.1) is 12.4 Å². The van der Waals surface area contributed by atoms with Gasteiger partial charge in [-0.2, -0.15) is 0 Å². The molecule has 1 saturated carbocycles. The van der Waals surface area contributed by atoms with E-state index in [0.29, 0.717) is 18.4 Å². The molecule has 120 valence electrons. The largest absolute Gasteiger partial charge is 0.465 e. The van der Waals surface area contributed by atoms with Crippen molar-refractivity contribution in [3.63, 3.8) is 0 Å². The van der Waals surface area contributed by atoms with Crippen LogP contribution in [0.3, 0.4) is 0 Å². The minimum atomic E-state index is -0.228. The average molecular weight is 302 g/mol. The molecule has 1 fully saturated rings. The fourth-order valence-corrected chi connectivity index (χ4v) is 4.02. The minimum absolute atomic E-state index is 0.228. The third kappa shape index (κ3) is 3.53. The lowest BCUT2D eigenvalue weighted by Gasteiger charge is -2.18. The summed E-state index contributed by atoms with van der Waals surface area (Å²) >= 11 is 0. The Kier molecular flexibility index (Phi) is 5.16. The van der Waals surface area contributed by atoms with Gasteiger partial charge in [-0.3, -0.25) is 0 Å². The molecule has 1 aromatic rings. The highest BCUT2D eigenvalue weighted by Gasteiger charge is 2.43. The van der Waals surface area contributed by atoms with Gasteiger partial charge in [0.1, 0.15) is 5.76 Å². The fraction of sp³-hybridized carbons (Fsp3) is 0.579. The zero-order chi connectivity index (χ0) is 15.4. The maximum absolute atomic E-state index is 10.3. The lowest BCUT2D eigenvalue weighted by atomic mass is 9.88. The molecular weight excluding hydrogens is 276 g/mol. The van der Waals surface area contributed by atoms with Crippen LogP contribution >= 0.6 is 0 Å². The van der Waals surface area contributed by atoms with Crippen LogP contribution in [-0.4, -0.2) is 22.9 Å². The second kappa shape index (κ2) is 7.30. The van der Waals surface area contributed by atoms with Gasteiger partial charge in [0, 0.05) is 12.5 Å². The third-order valence-corrected chi connectivity index (χ3v) is 5.13. The third-order valence-electron chi connectivity index (χ3n) is 5.13. The Hall–Kier alpha value is -1.32. The summed E-state index contributed by atoms with van der Waals surface area (Å²) in [5.74, 6) is 2.18. The molecular formula is C19H26O3. The monoisotopic (exact) mass is 302 g/mol. The zero-order valence-electron chi connectivity index (χ0n) is 13.0. The van der Waals surface area contributed by atoms with Gasteiger partial charge in [-0.05, 0) is 62.1 Å². The van der Waals surface area contributed by atoms with E-state index in [-0.39, 0.29) is 12.0 Å². The van der Waals surface area contributed by atoms with Crippen molar-refractivity contribution in [1.82, 2.24) is 0 Å². The van der Waals surface area contributed by atoms with E-state index >= 15 is 0 Å². The summed E-state index contributed by atoms with van der Waals surface area (Å²) in [7, 11) is 0. The van der Waals surface area contributed by atoms with Crippen LogP contribution in [-0.2, 0) is 0 Å². The molecule has 4 atom stereocenters. The number of rotatable bonds is 7. The molecule has 2 N–H and O–H groups in total. The summed E-state index contributed by atoms with van der Waals surface area (Å²) < 4.78 is 5.34. The highest BCUT2D eigenvalue weighted by molar-refractivity contribution is 5.43. The Morgan fingerprint density at radius 2 is 2.18 bits per heavy atom. The summed E-state index contributed by atoms with van der Waals surface area (Å²) in [6, 6.07) is 3.82. The van der Waals surface area contributed by atoms with E-state index < -0.39 is 0 Å². The molecule has 22 heavy (non-hydrogen) atoms. The lowest BCUT2D eigenvalue weighted by molar-refractivity contribution is 0.141. The first-order chi connectivity index (χ1) is 10.8. The smallest absolute Gasteiger partial charge is 0.126 e. The second-order valence-corrected chi connectivity index (χ2v) is 6.65.